The third kappa shape index (κ3) is 9.16. The zero-order valence-corrected chi connectivity index (χ0v) is 9.40. The van der Waals surface area contributed by atoms with Gasteiger partial charge in [0.05, 0.1) is 0 Å². The molecule has 0 saturated heterocycles. The molecule has 0 aromatic carbocycles. The van der Waals surface area contributed by atoms with Gasteiger partial charge >= 0.3 is 0 Å². The Bertz CT molecular complexity index is 144. The fourth-order valence-electron chi connectivity index (χ4n) is 0.983. The molecular weight excluding hydrogens is 176 g/mol. The molecule has 0 saturated carbocycles. The van der Waals surface area contributed by atoms with E-state index in [2.05, 4.69) is 30.7 Å². The van der Waals surface area contributed by atoms with Crippen LogP contribution in [0.2, 0.25) is 0 Å². The number of rotatable bonds is 3. The Hall–Kier alpha value is -0.930. The summed E-state index contributed by atoms with van der Waals surface area (Å²) in [6, 6.07) is 5.72. The van der Waals surface area contributed by atoms with Gasteiger partial charge in [-0.15, -0.1) is 0 Å². The maximum atomic E-state index is 3.78. The lowest BCUT2D eigenvalue weighted by molar-refractivity contribution is 0.321. The zero-order valence-electron chi connectivity index (χ0n) is 9.40. The molecule has 0 fully saturated rings. The van der Waals surface area contributed by atoms with E-state index in [9.17, 15) is 0 Å². The molecule has 0 aliphatic heterocycles. The van der Waals surface area contributed by atoms with Crippen molar-refractivity contribution in [3.05, 3.63) is 30.6 Å². The largest absolute Gasteiger partial charge is 0.412 e. The van der Waals surface area contributed by atoms with E-state index < -0.39 is 0 Å². The van der Waals surface area contributed by atoms with Crippen molar-refractivity contribution in [3.8, 4) is 0 Å². The first kappa shape index (κ1) is 15.5. The van der Waals surface area contributed by atoms with Gasteiger partial charge in [-0.2, -0.15) is 0 Å². The van der Waals surface area contributed by atoms with Crippen molar-refractivity contribution in [2.24, 2.45) is 0 Å². The molecule has 0 amide bonds. The predicted molar refractivity (Wildman–Crippen MR) is 61.3 cm³/mol. The van der Waals surface area contributed by atoms with Gasteiger partial charge in [-0.1, -0.05) is 26.8 Å². The smallest absolute Gasteiger partial charge is 0.0267 e. The van der Waals surface area contributed by atoms with Crippen LogP contribution in [0.1, 0.15) is 20.8 Å². The Morgan fingerprint density at radius 3 is 1.36 bits per heavy atom. The molecular formula is C11H22N2O. The second-order valence-electron chi connectivity index (χ2n) is 2.64. The van der Waals surface area contributed by atoms with Crippen LogP contribution in [0.4, 0.5) is 0 Å². The van der Waals surface area contributed by atoms with Gasteiger partial charge in [-0.25, -0.2) is 0 Å². The topological polar surface area (TPSA) is 47.6 Å². The van der Waals surface area contributed by atoms with E-state index in [1.54, 1.807) is 12.4 Å². The summed E-state index contributed by atoms with van der Waals surface area (Å²) in [7, 11) is 0. The second-order valence-corrected chi connectivity index (χ2v) is 2.64. The Balaban J connectivity index is 0. The van der Waals surface area contributed by atoms with Gasteiger partial charge in [-0.3, -0.25) is 4.98 Å². The molecule has 3 nitrogen and oxygen atoms in total. The number of nitrogens with zero attached hydrogens (tertiary/aromatic N) is 2. The molecule has 14 heavy (non-hydrogen) atoms. The van der Waals surface area contributed by atoms with E-state index in [-0.39, 0.29) is 5.48 Å². The highest BCUT2D eigenvalue weighted by Gasteiger charge is 1.89. The van der Waals surface area contributed by atoms with Gasteiger partial charge in [0.2, 0.25) is 0 Å². The van der Waals surface area contributed by atoms with Crippen LogP contribution in [0.3, 0.4) is 0 Å². The van der Waals surface area contributed by atoms with Crippen LogP contribution in [0, 0.1) is 0 Å². The van der Waals surface area contributed by atoms with Crippen LogP contribution in [-0.4, -0.2) is 35.0 Å². The first-order valence-corrected chi connectivity index (χ1v) is 4.92. The molecule has 0 bridgehead atoms. The number of hydrogen-bond acceptors (Lipinski definition) is 2. The van der Waals surface area contributed by atoms with E-state index >= 15 is 0 Å². The van der Waals surface area contributed by atoms with Crippen molar-refractivity contribution in [1.29, 1.82) is 0 Å². The number of hydrogen-bond donors (Lipinski definition) is 0. The summed E-state index contributed by atoms with van der Waals surface area (Å²) >= 11 is 0. The van der Waals surface area contributed by atoms with Crippen molar-refractivity contribution < 1.29 is 5.48 Å². The molecule has 0 unspecified atom stereocenters. The summed E-state index contributed by atoms with van der Waals surface area (Å²) in [6.45, 7) is 10.1. The molecule has 1 heterocycles. The Labute approximate surface area is 87.1 Å². The lowest BCUT2D eigenvalue weighted by atomic mass is 10.5. The molecule has 0 radical (unpaired) electrons. The zero-order chi connectivity index (χ0) is 9.94. The molecule has 0 aliphatic carbocycles. The van der Waals surface area contributed by atoms with Gasteiger partial charge in [0, 0.05) is 12.4 Å². The highest BCUT2D eigenvalue weighted by Crippen LogP contribution is 1.81. The Kier molecular flexibility index (Phi) is 13.4. The molecule has 1 aromatic heterocycles. The summed E-state index contributed by atoms with van der Waals surface area (Å²) in [6.07, 6.45) is 3.50. The highest BCUT2D eigenvalue weighted by atomic mass is 16.0. The molecule has 0 spiro atoms. The minimum Gasteiger partial charge on any atom is -0.412 e. The van der Waals surface area contributed by atoms with Crippen molar-refractivity contribution in [3.63, 3.8) is 0 Å². The second kappa shape index (κ2) is 12.1. The summed E-state index contributed by atoms with van der Waals surface area (Å²) < 4.78 is 0. The first-order valence-electron chi connectivity index (χ1n) is 4.92. The molecule has 0 atom stereocenters. The van der Waals surface area contributed by atoms with Gasteiger partial charge in [0.1, 0.15) is 0 Å². The number of aromatic nitrogens is 1. The van der Waals surface area contributed by atoms with E-state index in [0.717, 1.165) is 0 Å². The SMILES string of the molecule is CCN(CC)CC.O.c1ccncc1. The van der Waals surface area contributed by atoms with Crippen LogP contribution in [-0.2, 0) is 0 Å². The van der Waals surface area contributed by atoms with Crippen molar-refractivity contribution in [1.82, 2.24) is 9.88 Å². The van der Waals surface area contributed by atoms with Gasteiger partial charge < -0.3 is 10.4 Å². The Morgan fingerprint density at radius 1 is 0.857 bits per heavy atom. The van der Waals surface area contributed by atoms with E-state index in [0.29, 0.717) is 0 Å². The third-order valence-corrected chi connectivity index (χ3v) is 1.91. The van der Waals surface area contributed by atoms with Crippen LogP contribution in [0.5, 0.6) is 0 Å². The first-order chi connectivity index (χ1) is 6.35. The fraction of sp³-hybridized carbons (Fsp3) is 0.545. The summed E-state index contributed by atoms with van der Waals surface area (Å²) in [5.41, 5.74) is 0. The highest BCUT2D eigenvalue weighted by molar-refractivity contribution is 4.88. The maximum Gasteiger partial charge on any atom is 0.0267 e. The number of pyridine rings is 1. The van der Waals surface area contributed by atoms with Crippen molar-refractivity contribution >= 4 is 0 Å². The van der Waals surface area contributed by atoms with E-state index in [1.807, 2.05) is 18.2 Å². The van der Waals surface area contributed by atoms with Crippen LogP contribution in [0.25, 0.3) is 0 Å². The summed E-state index contributed by atoms with van der Waals surface area (Å²) in [5, 5.41) is 0. The Morgan fingerprint density at radius 2 is 1.29 bits per heavy atom. The maximum absolute atomic E-state index is 3.78. The van der Waals surface area contributed by atoms with Crippen LogP contribution >= 0.6 is 0 Å². The van der Waals surface area contributed by atoms with Crippen molar-refractivity contribution in [2.75, 3.05) is 19.6 Å². The van der Waals surface area contributed by atoms with Gasteiger partial charge in [-0.05, 0) is 31.8 Å². The standard InChI is InChI=1S/C6H15N.C5H5N.H2O/c1-4-7(5-2)6-3;1-2-4-6-5-3-1;/h4-6H2,1-3H3;1-5H;1H2. The minimum atomic E-state index is 0. The normalized spacial score (nSPS) is 8.57. The van der Waals surface area contributed by atoms with Gasteiger partial charge in [0.25, 0.3) is 0 Å². The molecule has 0 aliphatic rings. The minimum absolute atomic E-state index is 0. The molecule has 82 valence electrons. The quantitative estimate of drug-likeness (QED) is 0.740. The predicted octanol–water partition coefficient (Wildman–Crippen LogP) is 1.60. The molecule has 1 rings (SSSR count). The van der Waals surface area contributed by atoms with Crippen molar-refractivity contribution in [2.45, 2.75) is 20.8 Å². The summed E-state index contributed by atoms with van der Waals surface area (Å²) in [5.74, 6) is 0. The monoisotopic (exact) mass is 198 g/mol. The summed E-state index contributed by atoms with van der Waals surface area (Å²) in [4.78, 5) is 6.16. The van der Waals surface area contributed by atoms with Crippen LogP contribution in [0.15, 0.2) is 30.6 Å². The molecule has 2 N–H and O–H groups in total. The third-order valence-electron chi connectivity index (χ3n) is 1.91. The van der Waals surface area contributed by atoms with Crippen LogP contribution < -0.4 is 0 Å². The van der Waals surface area contributed by atoms with E-state index in [1.165, 1.54) is 19.6 Å². The fourth-order valence-corrected chi connectivity index (χ4v) is 0.983. The lowest BCUT2D eigenvalue weighted by Crippen LogP contribution is -2.21. The molecule has 3 heteroatoms. The van der Waals surface area contributed by atoms with Gasteiger partial charge in [0.15, 0.2) is 0 Å². The average Bonchev–Trinajstić information content (AvgIpc) is 2.24. The van der Waals surface area contributed by atoms with E-state index in [4.69, 9.17) is 0 Å². The lowest BCUT2D eigenvalue weighted by Gasteiger charge is -2.13. The molecule has 1 aromatic rings. The average molecular weight is 198 g/mol.